The van der Waals surface area contributed by atoms with Gasteiger partial charge in [-0.15, -0.1) is 0 Å². The fourth-order valence-corrected chi connectivity index (χ4v) is 6.13. The van der Waals surface area contributed by atoms with Crippen LogP contribution < -0.4 is 11.1 Å². The molecule has 1 aliphatic heterocycles. The first-order chi connectivity index (χ1) is 17.5. The molecule has 3 rings (SSSR count). The minimum absolute atomic E-state index is 0.0273. The van der Waals surface area contributed by atoms with Crippen LogP contribution in [0.5, 0.6) is 0 Å². The lowest BCUT2D eigenvalue weighted by Crippen LogP contribution is -2.58. The zero-order chi connectivity index (χ0) is 28.7. The van der Waals surface area contributed by atoms with Crippen LogP contribution in [0, 0.1) is 40.4 Å². The molecule has 1 unspecified atom stereocenters. The zero-order valence-corrected chi connectivity index (χ0v) is 24.3. The van der Waals surface area contributed by atoms with E-state index in [0.29, 0.717) is 18.9 Å². The summed E-state index contributed by atoms with van der Waals surface area (Å²) < 4.78 is 5.47. The highest BCUT2D eigenvalue weighted by Gasteiger charge is 2.69. The second-order valence-electron chi connectivity index (χ2n) is 13.8. The Morgan fingerprint density at radius 1 is 1.08 bits per heavy atom. The third kappa shape index (κ3) is 6.23. The zero-order valence-electron chi connectivity index (χ0n) is 24.3. The van der Waals surface area contributed by atoms with Gasteiger partial charge in [0.2, 0.25) is 11.7 Å². The van der Waals surface area contributed by atoms with Crippen molar-refractivity contribution >= 4 is 29.5 Å². The number of hydrogen-bond acceptors (Lipinski definition) is 6. The second kappa shape index (κ2) is 11.0. The molecule has 0 bridgehead atoms. The van der Waals surface area contributed by atoms with Gasteiger partial charge in [-0.2, -0.15) is 0 Å². The summed E-state index contributed by atoms with van der Waals surface area (Å²) in [4.78, 5) is 66.4. The summed E-state index contributed by atoms with van der Waals surface area (Å²) in [6.07, 6.45) is 2.42. The number of likely N-dealkylation sites (tertiary alicyclic amines) is 1. The van der Waals surface area contributed by atoms with Crippen molar-refractivity contribution in [3.8, 4) is 0 Å². The number of carbonyl (C=O) groups is 5. The van der Waals surface area contributed by atoms with Crippen molar-refractivity contribution < 1.29 is 28.7 Å². The van der Waals surface area contributed by atoms with Crippen LogP contribution in [0.3, 0.4) is 0 Å². The third-order valence-electron chi connectivity index (χ3n) is 9.33. The SMILES string of the molecule is CC(C)[C@@H](C)OC(=O)N[C@H](C(=O)N1C[C@H]2[C@@H]([C@H]1C(=O)CC(CC1CCC1)C(=O)C(N)=O)C2(C)C)C(C)(C)C. The molecular weight excluding hydrogens is 486 g/mol. The van der Waals surface area contributed by atoms with Crippen LogP contribution in [0.25, 0.3) is 0 Å². The molecule has 9 nitrogen and oxygen atoms in total. The molecule has 1 saturated heterocycles. The molecule has 3 aliphatic rings. The van der Waals surface area contributed by atoms with Gasteiger partial charge in [-0.25, -0.2) is 4.79 Å². The van der Waals surface area contributed by atoms with Gasteiger partial charge in [0.25, 0.3) is 5.91 Å². The van der Waals surface area contributed by atoms with Gasteiger partial charge in [-0.3, -0.25) is 19.2 Å². The number of amides is 3. The lowest BCUT2D eigenvalue weighted by molar-refractivity contribution is -0.145. The Kier molecular flexibility index (Phi) is 8.69. The lowest BCUT2D eigenvalue weighted by Gasteiger charge is -2.38. The van der Waals surface area contributed by atoms with Gasteiger partial charge in [0.05, 0.1) is 6.04 Å². The Morgan fingerprint density at radius 3 is 2.16 bits per heavy atom. The third-order valence-corrected chi connectivity index (χ3v) is 9.33. The number of Topliss-reactive ketones (excluding diaryl/α,β-unsaturated/α-hetero) is 2. The molecule has 1 heterocycles. The number of nitrogens with zero attached hydrogens (tertiary/aromatic N) is 1. The van der Waals surface area contributed by atoms with Crippen LogP contribution in [0.15, 0.2) is 0 Å². The number of nitrogens with two attached hydrogens (primary N) is 1. The smallest absolute Gasteiger partial charge is 0.408 e. The van der Waals surface area contributed by atoms with Crippen molar-refractivity contribution in [3.63, 3.8) is 0 Å². The molecule has 0 spiro atoms. The molecule has 0 aromatic carbocycles. The lowest BCUT2D eigenvalue weighted by atomic mass is 9.76. The number of primary amides is 1. The predicted octanol–water partition coefficient (Wildman–Crippen LogP) is 3.47. The highest BCUT2D eigenvalue weighted by molar-refractivity contribution is 6.36. The quantitative estimate of drug-likeness (QED) is 0.390. The molecule has 0 aromatic heterocycles. The van der Waals surface area contributed by atoms with E-state index in [-0.39, 0.29) is 47.4 Å². The number of ketones is 2. The number of ether oxygens (including phenoxy) is 1. The Hall–Kier alpha value is -2.45. The van der Waals surface area contributed by atoms with E-state index in [1.54, 1.807) is 11.8 Å². The van der Waals surface area contributed by atoms with Crippen molar-refractivity contribution in [2.75, 3.05) is 6.54 Å². The van der Waals surface area contributed by atoms with E-state index in [2.05, 4.69) is 19.2 Å². The number of carbonyl (C=O) groups excluding carboxylic acids is 5. The Bertz CT molecular complexity index is 964. The van der Waals surface area contributed by atoms with Crippen molar-refractivity contribution in [3.05, 3.63) is 0 Å². The first-order valence-corrected chi connectivity index (χ1v) is 14.1. The van der Waals surface area contributed by atoms with E-state index >= 15 is 0 Å². The fourth-order valence-electron chi connectivity index (χ4n) is 6.13. The van der Waals surface area contributed by atoms with Gasteiger partial charge in [0.1, 0.15) is 12.1 Å². The number of hydrogen-bond donors (Lipinski definition) is 2. The molecule has 0 aromatic rings. The van der Waals surface area contributed by atoms with Gasteiger partial charge in [0, 0.05) is 18.9 Å². The monoisotopic (exact) mass is 533 g/mol. The summed E-state index contributed by atoms with van der Waals surface area (Å²) in [7, 11) is 0. The molecule has 0 radical (unpaired) electrons. The molecule has 214 valence electrons. The molecule has 2 aliphatic carbocycles. The van der Waals surface area contributed by atoms with Gasteiger partial charge in [-0.1, -0.05) is 67.7 Å². The van der Waals surface area contributed by atoms with Crippen LogP contribution in [-0.2, 0) is 23.9 Å². The summed E-state index contributed by atoms with van der Waals surface area (Å²) in [5.41, 5.74) is 4.58. The molecule has 38 heavy (non-hydrogen) atoms. The molecule has 9 heteroatoms. The van der Waals surface area contributed by atoms with Crippen LogP contribution in [-0.4, -0.2) is 59.1 Å². The molecule has 3 amide bonds. The van der Waals surface area contributed by atoms with Crippen LogP contribution in [0.4, 0.5) is 4.79 Å². The van der Waals surface area contributed by atoms with E-state index < -0.39 is 41.2 Å². The highest BCUT2D eigenvalue weighted by Crippen LogP contribution is 2.65. The summed E-state index contributed by atoms with van der Waals surface area (Å²) >= 11 is 0. The minimum atomic E-state index is -1.02. The number of nitrogens with one attached hydrogen (secondary N) is 1. The van der Waals surface area contributed by atoms with Gasteiger partial charge >= 0.3 is 6.09 Å². The van der Waals surface area contributed by atoms with E-state index in [1.165, 1.54) is 0 Å². The van der Waals surface area contributed by atoms with Gasteiger partial charge < -0.3 is 20.7 Å². The summed E-state index contributed by atoms with van der Waals surface area (Å²) in [6.45, 7) is 15.9. The Morgan fingerprint density at radius 2 is 1.68 bits per heavy atom. The average Bonchev–Trinajstić information content (AvgIpc) is 3.10. The molecule has 3 N–H and O–H groups in total. The van der Waals surface area contributed by atoms with Crippen molar-refractivity contribution in [1.29, 1.82) is 0 Å². The van der Waals surface area contributed by atoms with Crippen LogP contribution in [0.2, 0.25) is 0 Å². The van der Waals surface area contributed by atoms with E-state index in [1.807, 2.05) is 34.6 Å². The van der Waals surface area contributed by atoms with Crippen molar-refractivity contribution in [1.82, 2.24) is 10.2 Å². The van der Waals surface area contributed by atoms with E-state index in [0.717, 1.165) is 19.3 Å². The number of piperidine rings is 1. The average molecular weight is 534 g/mol. The van der Waals surface area contributed by atoms with Crippen LogP contribution >= 0.6 is 0 Å². The summed E-state index contributed by atoms with van der Waals surface area (Å²) in [5, 5.41) is 2.77. The van der Waals surface area contributed by atoms with E-state index in [4.69, 9.17) is 10.5 Å². The van der Waals surface area contributed by atoms with Gasteiger partial charge in [0.15, 0.2) is 5.78 Å². The molecule has 6 atom stereocenters. The topological polar surface area (TPSA) is 136 Å². The maximum absolute atomic E-state index is 14.0. The summed E-state index contributed by atoms with van der Waals surface area (Å²) in [5.74, 6) is -2.45. The summed E-state index contributed by atoms with van der Waals surface area (Å²) in [6, 6.07) is -1.60. The van der Waals surface area contributed by atoms with Crippen molar-refractivity contribution in [2.24, 2.45) is 46.2 Å². The van der Waals surface area contributed by atoms with Gasteiger partial charge in [-0.05, 0) is 47.8 Å². The van der Waals surface area contributed by atoms with Crippen molar-refractivity contribution in [2.45, 2.75) is 106 Å². The standard InChI is InChI=1S/C29H47N3O6/c1-15(2)16(3)38-27(37)31-24(28(4,5)6)26(36)32-14-19-21(29(19,7)8)22(32)20(33)13-18(23(34)25(30)35)12-17-10-9-11-17/h15-19,21-22,24H,9-14H2,1-8H3,(H2,30,35)(H,31,37)/t16-,18?,19+,21+,22-,24-/m1/s1. The highest BCUT2D eigenvalue weighted by atomic mass is 16.6. The molecule has 3 fully saturated rings. The normalized spacial score (nSPS) is 26.6. The maximum atomic E-state index is 14.0. The predicted molar refractivity (Wildman–Crippen MR) is 143 cm³/mol. The Balaban J connectivity index is 1.82. The number of alkyl carbamates (subject to hydrolysis) is 1. The minimum Gasteiger partial charge on any atom is -0.446 e. The number of fused-ring (bicyclic) bond motifs is 1. The molecule has 2 saturated carbocycles. The maximum Gasteiger partial charge on any atom is 0.408 e. The first-order valence-electron chi connectivity index (χ1n) is 14.1. The largest absolute Gasteiger partial charge is 0.446 e. The first kappa shape index (κ1) is 30.1. The fraction of sp³-hybridized carbons (Fsp3) is 0.828. The second-order valence-corrected chi connectivity index (χ2v) is 13.8. The van der Waals surface area contributed by atoms with E-state index in [9.17, 15) is 24.0 Å². The number of rotatable bonds is 11. The molecular formula is C29H47N3O6. The van der Waals surface area contributed by atoms with Crippen LogP contribution in [0.1, 0.15) is 87.5 Å². The Labute approximate surface area is 227 Å².